The van der Waals surface area contributed by atoms with E-state index < -0.39 is 15.9 Å². The Morgan fingerprint density at radius 1 is 1.07 bits per heavy atom. The van der Waals surface area contributed by atoms with Crippen molar-refractivity contribution in [2.24, 2.45) is 0 Å². The van der Waals surface area contributed by atoms with Gasteiger partial charge in [0.2, 0.25) is 15.9 Å². The van der Waals surface area contributed by atoms with Crippen molar-refractivity contribution in [1.82, 2.24) is 10.3 Å². The van der Waals surface area contributed by atoms with Crippen molar-refractivity contribution >= 4 is 21.6 Å². The van der Waals surface area contributed by atoms with Crippen molar-refractivity contribution < 1.29 is 17.6 Å². The van der Waals surface area contributed by atoms with Gasteiger partial charge < -0.3 is 9.73 Å². The highest BCUT2D eigenvalue weighted by atomic mass is 32.2. The molecule has 0 atom stereocenters. The summed E-state index contributed by atoms with van der Waals surface area (Å²) in [6, 6.07) is 15.9. The van der Waals surface area contributed by atoms with Crippen LogP contribution in [-0.2, 0) is 16.6 Å². The molecule has 1 amide bonds. The van der Waals surface area contributed by atoms with Gasteiger partial charge in [0, 0.05) is 5.56 Å². The molecule has 0 aliphatic carbocycles. The minimum atomic E-state index is -3.48. The Morgan fingerprint density at radius 3 is 2.52 bits per heavy atom. The molecule has 1 heterocycles. The van der Waals surface area contributed by atoms with Gasteiger partial charge in [0.15, 0.2) is 5.76 Å². The van der Waals surface area contributed by atoms with E-state index in [1.165, 1.54) is 6.92 Å². The molecule has 0 saturated carbocycles. The van der Waals surface area contributed by atoms with E-state index in [-0.39, 0.29) is 23.5 Å². The van der Waals surface area contributed by atoms with E-state index in [2.05, 4.69) is 15.0 Å². The van der Waals surface area contributed by atoms with Gasteiger partial charge in [-0.05, 0) is 19.1 Å². The summed E-state index contributed by atoms with van der Waals surface area (Å²) in [7, 11) is -3.48. The lowest BCUT2D eigenvalue weighted by molar-refractivity contribution is 0.0948. The number of nitrogens with one attached hydrogen (secondary N) is 2. The van der Waals surface area contributed by atoms with Crippen LogP contribution >= 0.6 is 0 Å². The predicted molar refractivity (Wildman–Crippen MR) is 103 cm³/mol. The van der Waals surface area contributed by atoms with Crippen LogP contribution in [0.15, 0.2) is 65.2 Å². The molecule has 1 aromatic heterocycles. The third kappa shape index (κ3) is 4.73. The SMILES string of the molecule is CCS(=O)(=O)Nc1ccccc1C(=O)NCc1ncc(-c2ccccc2)o1. The first-order valence-electron chi connectivity index (χ1n) is 8.36. The van der Waals surface area contributed by atoms with Crippen LogP contribution < -0.4 is 10.0 Å². The Hall–Kier alpha value is -3.13. The molecule has 2 aromatic carbocycles. The molecular formula is C19H19N3O4S. The van der Waals surface area contributed by atoms with Crippen molar-refractivity contribution in [2.45, 2.75) is 13.5 Å². The molecule has 0 spiro atoms. The molecule has 3 aromatic rings. The standard InChI is InChI=1S/C19H19N3O4S/c1-2-27(24,25)22-16-11-7-6-10-15(16)19(23)21-13-18-20-12-17(26-18)14-8-4-3-5-9-14/h3-12,22H,2,13H2,1H3,(H,21,23). The smallest absolute Gasteiger partial charge is 0.253 e. The van der Waals surface area contributed by atoms with Crippen molar-refractivity contribution in [1.29, 1.82) is 0 Å². The lowest BCUT2D eigenvalue weighted by Gasteiger charge is -2.11. The zero-order valence-electron chi connectivity index (χ0n) is 14.7. The second-order valence-corrected chi connectivity index (χ2v) is 7.73. The number of sulfonamides is 1. The first kappa shape index (κ1) is 18.7. The number of hydrogen-bond donors (Lipinski definition) is 2. The average Bonchev–Trinajstić information content (AvgIpc) is 3.16. The van der Waals surface area contributed by atoms with E-state index in [1.807, 2.05) is 30.3 Å². The van der Waals surface area contributed by atoms with E-state index in [0.717, 1.165) is 5.56 Å². The average molecular weight is 385 g/mol. The number of carbonyl (C=O) groups is 1. The van der Waals surface area contributed by atoms with E-state index >= 15 is 0 Å². The maximum atomic E-state index is 12.5. The topological polar surface area (TPSA) is 101 Å². The molecule has 2 N–H and O–H groups in total. The van der Waals surface area contributed by atoms with Gasteiger partial charge in [-0.1, -0.05) is 42.5 Å². The van der Waals surface area contributed by atoms with Gasteiger partial charge in [0.25, 0.3) is 5.91 Å². The van der Waals surface area contributed by atoms with Crippen LogP contribution in [0.3, 0.4) is 0 Å². The number of nitrogens with zero attached hydrogens (tertiary/aromatic N) is 1. The number of rotatable bonds is 7. The zero-order valence-corrected chi connectivity index (χ0v) is 15.5. The minimum Gasteiger partial charge on any atom is -0.439 e. The van der Waals surface area contributed by atoms with E-state index in [9.17, 15) is 13.2 Å². The summed E-state index contributed by atoms with van der Waals surface area (Å²) >= 11 is 0. The van der Waals surface area contributed by atoms with Gasteiger partial charge in [0.05, 0.1) is 29.7 Å². The Kier molecular flexibility index (Phi) is 5.56. The second kappa shape index (κ2) is 8.05. The van der Waals surface area contributed by atoms with Crippen LogP contribution in [0.2, 0.25) is 0 Å². The van der Waals surface area contributed by atoms with Crippen molar-refractivity contribution in [3.63, 3.8) is 0 Å². The van der Waals surface area contributed by atoms with E-state index in [4.69, 9.17) is 4.42 Å². The molecule has 140 valence electrons. The summed E-state index contributed by atoms with van der Waals surface area (Å²) < 4.78 is 31.6. The Morgan fingerprint density at radius 2 is 1.78 bits per heavy atom. The molecule has 0 aliphatic rings. The molecule has 0 aliphatic heterocycles. The van der Waals surface area contributed by atoms with Crippen LogP contribution in [0.25, 0.3) is 11.3 Å². The molecule has 0 radical (unpaired) electrons. The normalized spacial score (nSPS) is 11.1. The highest BCUT2D eigenvalue weighted by Crippen LogP contribution is 2.20. The van der Waals surface area contributed by atoms with Gasteiger partial charge in [-0.3, -0.25) is 9.52 Å². The van der Waals surface area contributed by atoms with Crippen molar-refractivity contribution in [3.8, 4) is 11.3 Å². The Labute approximate surface area is 157 Å². The molecule has 0 unspecified atom stereocenters. The van der Waals surface area contributed by atoms with Crippen LogP contribution in [-0.4, -0.2) is 25.1 Å². The molecule has 0 bridgehead atoms. The minimum absolute atomic E-state index is 0.0818. The van der Waals surface area contributed by atoms with E-state index in [1.54, 1.807) is 30.5 Å². The zero-order chi connectivity index (χ0) is 19.3. The van der Waals surface area contributed by atoms with Crippen molar-refractivity contribution in [2.75, 3.05) is 10.5 Å². The number of hydrogen-bond acceptors (Lipinski definition) is 5. The number of anilines is 1. The molecular weight excluding hydrogens is 366 g/mol. The van der Waals surface area contributed by atoms with Gasteiger partial charge in [-0.25, -0.2) is 13.4 Å². The molecule has 27 heavy (non-hydrogen) atoms. The first-order valence-corrected chi connectivity index (χ1v) is 10.0. The highest BCUT2D eigenvalue weighted by molar-refractivity contribution is 7.92. The summed E-state index contributed by atoms with van der Waals surface area (Å²) in [5.74, 6) is 0.454. The Balaban J connectivity index is 1.69. The maximum Gasteiger partial charge on any atom is 0.253 e. The monoisotopic (exact) mass is 385 g/mol. The summed E-state index contributed by atoms with van der Waals surface area (Å²) in [6.07, 6.45) is 1.60. The highest BCUT2D eigenvalue weighted by Gasteiger charge is 2.16. The predicted octanol–water partition coefficient (Wildman–Crippen LogP) is 3.03. The lowest BCUT2D eigenvalue weighted by atomic mass is 10.1. The number of benzene rings is 2. The quantitative estimate of drug-likeness (QED) is 0.651. The third-order valence-corrected chi connectivity index (χ3v) is 5.12. The number of para-hydroxylation sites is 1. The number of oxazole rings is 1. The fourth-order valence-electron chi connectivity index (χ4n) is 2.39. The molecule has 7 nitrogen and oxygen atoms in total. The summed E-state index contributed by atoms with van der Waals surface area (Å²) in [6.45, 7) is 1.61. The van der Waals surface area contributed by atoms with Crippen LogP contribution in [0.4, 0.5) is 5.69 Å². The number of aromatic nitrogens is 1. The summed E-state index contributed by atoms with van der Waals surface area (Å²) in [5.41, 5.74) is 1.35. The summed E-state index contributed by atoms with van der Waals surface area (Å²) in [5, 5.41) is 2.69. The van der Waals surface area contributed by atoms with Gasteiger partial charge in [-0.2, -0.15) is 0 Å². The second-order valence-electron chi connectivity index (χ2n) is 5.72. The first-order chi connectivity index (χ1) is 13.0. The van der Waals surface area contributed by atoms with Gasteiger partial charge in [0.1, 0.15) is 0 Å². The number of amides is 1. The van der Waals surface area contributed by atoms with E-state index in [0.29, 0.717) is 11.7 Å². The van der Waals surface area contributed by atoms with Crippen molar-refractivity contribution in [3.05, 3.63) is 72.2 Å². The molecule has 8 heteroatoms. The van der Waals surface area contributed by atoms with Crippen LogP contribution in [0.5, 0.6) is 0 Å². The van der Waals surface area contributed by atoms with Gasteiger partial charge >= 0.3 is 0 Å². The molecule has 0 fully saturated rings. The molecule has 0 saturated heterocycles. The lowest BCUT2D eigenvalue weighted by Crippen LogP contribution is -2.25. The van der Waals surface area contributed by atoms with Crippen LogP contribution in [0.1, 0.15) is 23.2 Å². The third-order valence-electron chi connectivity index (χ3n) is 3.83. The summed E-state index contributed by atoms with van der Waals surface area (Å²) in [4.78, 5) is 16.6. The Bertz CT molecular complexity index is 1030. The maximum absolute atomic E-state index is 12.5. The largest absolute Gasteiger partial charge is 0.439 e. The molecule has 3 rings (SSSR count). The van der Waals surface area contributed by atoms with Crippen LogP contribution in [0, 0.1) is 0 Å². The van der Waals surface area contributed by atoms with Gasteiger partial charge in [-0.15, -0.1) is 0 Å². The fourth-order valence-corrected chi connectivity index (χ4v) is 3.05. The number of carbonyl (C=O) groups excluding carboxylic acids is 1. The fraction of sp³-hybridized carbons (Fsp3) is 0.158.